The van der Waals surface area contributed by atoms with Crippen molar-refractivity contribution in [2.24, 2.45) is 0 Å². The zero-order chi connectivity index (χ0) is 23.8. The first-order valence-electron chi connectivity index (χ1n) is 11.4. The number of anilines is 1. The van der Waals surface area contributed by atoms with E-state index in [0.717, 1.165) is 28.8 Å². The van der Waals surface area contributed by atoms with Crippen LogP contribution in [0.2, 0.25) is 0 Å². The second-order valence-corrected chi connectivity index (χ2v) is 9.52. The Hall–Kier alpha value is -3.91. The average Bonchev–Trinajstić information content (AvgIpc) is 3.57. The molecule has 35 heavy (non-hydrogen) atoms. The number of thioether (sulfide) groups is 1. The number of nitrogens with one attached hydrogen (secondary N) is 1. The van der Waals surface area contributed by atoms with E-state index in [9.17, 15) is 4.79 Å². The number of carbonyl (C=O) groups excluding carboxylic acids is 1. The van der Waals surface area contributed by atoms with Crippen LogP contribution >= 0.6 is 11.8 Å². The number of hydrogen-bond acceptors (Lipinski definition) is 7. The van der Waals surface area contributed by atoms with E-state index >= 15 is 0 Å². The van der Waals surface area contributed by atoms with Crippen molar-refractivity contribution in [2.45, 2.75) is 37.2 Å². The van der Waals surface area contributed by atoms with E-state index in [1.165, 1.54) is 34.0 Å². The molecule has 6 rings (SSSR count). The molecule has 3 aromatic carbocycles. The second-order valence-electron chi connectivity index (χ2n) is 8.60. The Bertz CT molecular complexity index is 1560. The van der Waals surface area contributed by atoms with Crippen LogP contribution in [0.4, 0.5) is 5.69 Å². The van der Waals surface area contributed by atoms with Crippen molar-refractivity contribution in [1.29, 1.82) is 0 Å². The van der Waals surface area contributed by atoms with Crippen LogP contribution in [0.5, 0.6) is 0 Å². The Morgan fingerprint density at radius 3 is 2.86 bits per heavy atom. The molecule has 1 aliphatic rings. The first-order valence-corrected chi connectivity index (χ1v) is 12.4. The van der Waals surface area contributed by atoms with Crippen molar-refractivity contribution in [1.82, 2.24) is 15.1 Å². The summed E-state index contributed by atoms with van der Waals surface area (Å²) in [5, 5.41) is 7.56. The fraction of sp³-hybridized carbons (Fsp3) is 0.185. The van der Waals surface area contributed by atoms with Crippen molar-refractivity contribution in [3.63, 3.8) is 0 Å². The number of nitrogens with zero attached hydrogens (tertiary/aromatic N) is 3. The second kappa shape index (κ2) is 9.03. The monoisotopic (exact) mass is 482 g/mol. The lowest BCUT2D eigenvalue weighted by atomic mass is 10.1. The first kappa shape index (κ1) is 21.6. The van der Waals surface area contributed by atoms with Crippen LogP contribution in [0.25, 0.3) is 22.2 Å². The van der Waals surface area contributed by atoms with Gasteiger partial charge in [-0.25, -0.2) is 4.98 Å². The van der Waals surface area contributed by atoms with Crippen molar-refractivity contribution in [3.8, 4) is 11.1 Å². The van der Waals surface area contributed by atoms with Crippen LogP contribution < -0.4 is 5.32 Å². The Morgan fingerprint density at radius 1 is 1.03 bits per heavy atom. The number of oxazole rings is 1. The highest BCUT2D eigenvalue weighted by Gasteiger charge is 2.18. The molecular weight excluding hydrogens is 460 g/mol. The quantitative estimate of drug-likeness (QED) is 0.281. The molecule has 0 spiro atoms. The summed E-state index contributed by atoms with van der Waals surface area (Å²) in [6.45, 7) is 2.02. The predicted molar refractivity (Wildman–Crippen MR) is 134 cm³/mol. The molecule has 0 saturated carbocycles. The number of benzene rings is 3. The average molecular weight is 483 g/mol. The summed E-state index contributed by atoms with van der Waals surface area (Å²) in [5.74, 6) is 1.37. The first-order chi connectivity index (χ1) is 17.1. The van der Waals surface area contributed by atoms with E-state index in [-0.39, 0.29) is 12.3 Å². The van der Waals surface area contributed by atoms with Gasteiger partial charge in [-0.2, -0.15) is 4.98 Å². The summed E-state index contributed by atoms with van der Waals surface area (Å²) < 4.78 is 11.1. The molecule has 1 N–H and O–H groups in total. The van der Waals surface area contributed by atoms with Crippen LogP contribution in [0.3, 0.4) is 0 Å². The van der Waals surface area contributed by atoms with Crippen molar-refractivity contribution < 1.29 is 13.7 Å². The number of aromatic nitrogens is 3. The van der Waals surface area contributed by atoms with E-state index in [4.69, 9.17) is 8.94 Å². The van der Waals surface area contributed by atoms with Gasteiger partial charge in [0.05, 0.1) is 5.75 Å². The van der Waals surface area contributed by atoms with Crippen LogP contribution in [0.1, 0.15) is 34.8 Å². The van der Waals surface area contributed by atoms with Gasteiger partial charge in [-0.05, 0) is 65.4 Å². The van der Waals surface area contributed by atoms with Gasteiger partial charge in [-0.1, -0.05) is 53.3 Å². The lowest BCUT2D eigenvalue weighted by Crippen LogP contribution is -2.12. The van der Waals surface area contributed by atoms with Crippen molar-refractivity contribution >= 4 is 34.5 Å². The van der Waals surface area contributed by atoms with E-state index in [2.05, 4.69) is 56.8 Å². The van der Waals surface area contributed by atoms with E-state index < -0.39 is 0 Å². The molecule has 7 nitrogen and oxygen atoms in total. The highest BCUT2D eigenvalue weighted by atomic mass is 32.2. The molecule has 0 atom stereocenters. The summed E-state index contributed by atoms with van der Waals surface area (Å²) >= 11 is 1.41. The number of aryl methyl sites for hydroxylation is 2. The molecule has 2 heterocycles. The third-order valence-corrected chi connectivity index (χ3v) is 6.83. The molecule has 8 heteroatoms. The van der Waals surface area contributed by atoms with Crippen molar-refractivity contribution in [2.75, 3.05) is 5.32 Å². The lowest BCUT2D eigenvalue weighted by Gasteiger charge is -2.07. The third-order valence-electron chi connectivity index (χ3n) is 6.00. The number of fused-ring (bicyclic) bond motifs is 4. The lowest BCUT2D eigenvalue weighted by molar-refractivity contribution is -0.116. The molecule has 0 bridgehead atoms. The normalized spacial score (nSPS) is 12.0. The topological polar surface area (TPSA) is 94.0 Å². The molecule has 0 saturated heterocycles. The zero-order valence-electron chi connectivity index (χ0n) is 19.1. The van der Waals surface area contributed by atoms with Gasteiger partial charge in [0, 0.05) is 18.5 Å². The molecule has 0 radical (unpaired) electrons. The molecule has 0 unspecified atom stereocenters. The maximum absolute atomic E-state index is 12.5. The smallest absolute Gasteiger partial charge is 0.257 e. The van der Waals surface area contributed by atoms with Crippen LogP contribution in [-0.2, 0) is 23.4 Å². The summed E-state index contributed by atoms with van der Waals surface area (Å²) in [5.41, 5.74) is 8.60. The molecule has 1 amide bonds. The number of carbonyl (C=O) groups is 1. The van der Waals surface area contributed by atoms with Crippen molar-refractivity contribution in [3.05, 3.63) is 89.1 Å². The van der Waals surface area contributed by atoms with Gasteiger partial charge in [0.1, 0.15) is 5.52 Å². The molecule has 0 fully saturated rings. The minimum atomic E-state index is -0.0867. The summed E-state index contributed by atoms with van der Waals surface area (Å²) in [7, 11) is 0. The molecule has 1 aliphatic carbocycles. The summed E-state index contributed by atoms with van der Waals surface area (Å²) in [6.07, 6.45) is 1.53. The van der Waals surface area contributed by atoms with Gasteiger partial charge >= 0.3 is 0 Å². The Morgan fingerprint density at radius 2 is 1.91 bits per heavy atom. The van der Waals surface area contributed by atoms with Crippen LogP contribution in [0, 0.1) is 6.92 Å². The molecule has 174 valence electrons. The number of rotatable bonds is 7. The van der Waals surface area contributed by atoms with E-state index in [1.807, 2.05) is 31.2 Å². The Labute approximate surface area is 206 Å². The zero-order valence-corrected chi connectivity index (χ0v) is 19.9. The van der Waals surface area contributed by atoms with Gasteiger partial charge in [-0.3, -0.25) is 4.79 Å². The third kappa shape index (κ3) is 4.57. The Balaban J connectivity index is 1.02. The number of amides is 1. The SMILES string of the molecule is Cc1ccc2oc(SCc3noc(CCC(=O)Nc4ccc5c(c4)Cc4ccccc4-5)n3)nc2c1. The minimum absolute atomic E-state index is 0.0867. The van der Waals surface area contributed by atoms with Gasteiger partial charge in [0.15, 0.2) is 11.4 Å². The molecule has 2 aromatic heterocycles. The maximum atomic E-state index is 12.5. The van der Waals surface area contributed by atoms with Crippen LogP contribution in [-0.4, -0.2) is 21.0 Å². The van der Waals surface area contributed by atoms with Gasteiger partial charge in [0.2, 0.25) is 11.8 Å². The maximum Gasteiger partial charge on any atom is 0.257 e. The fourth-order valence-corrected chi connectivity index (χ4v) is 5.00. The fourth-order valence-electron chi connectivity index (χ4n) is 4.32. The van der Waals surface area contributed by atoms with Gasteiger partial charge < -0.3 is 14.3 Å². The molecule has 5 aromatic rings. The van der Waals surface area contributed by atoms with Gasteiger partial charge in [-0.15, -0.1) is 0 Å². The van der Waals surface area contributed by atoms with Crippen LogP contribution in [0.15, 0.2) is 74.8 Å². The standard InChI is InChI=1S/C27H22N4O3S/c1-16-6-9-23-22(12-16)29-27(33-23)35-15-24-30-26(34-31-24)11-10-25(32)28-19-7-8-21-18(14-19)13-17-4-2-3-5-20(17)21/h2-9,12,14H,10-11,13,15H2,1H3,(H,28,32). The van der Waals surface area contributed by atoms with Gasteiger partial charge in [0.25, 0.3) is 5.22 Å². The van der Waals surface area contributed by atoms with E-state index in [0.29, 0.717) is 29.1 Å². The minimum Gasteiger partial charge on any atom is -0.431 e. The number of hydrogen-bond donors (Lipinski definition) is 1. The summed E-state index contributed by atoms with van der Waals surface area (Å²) in [6, 6.07) is 20.4. The highest BCUT2D eigenvalue weighted by molar-refractivity contribution is 7.98. The molecule has 0 aliphatic heterocycles. The summed E-state index contributed by atoms with van der Waals surface area (Å²) in [4.78, 5) is 21.4. The predicted octanol–water partition coefficient (Wildman–Crippen LogP) is 5.95. The highest BCUT2D eigenvalue weighted by Crippen LogP contribution is 2.37. The molecular formula is C27H22N4O3S. The Kier molecular flexibility index (Phi) is 5.58. The van der Waals surface area contributed by atoms with E-state index in [1.54, 1.807) is 0 Å². The largest absolute Gasteiger partial charge is 0.431 e.